The molecule has 2 aromatic rings. The molecule has 3 aliphatic heterocycles. The molecule has 4 amide bonds. The first kappa shape index (κ1) is 28.2. The Morgan fingerprint density at radius 3 is 2.55 bits per heavy atom. The first-order valence-corrected chi connectivity index (χ1v) is 13.8. The van der Waals surface area contributed by atoms with Crippen molar-refractivity contribution < 1.29 is 28.7 Å². The summed E-state index contributed by atoms with van der Waals surface area (Å²) in [6, 6.07) is 6.55. The lowest BCUT2D eigenvalue weighted by Crippen LogP contribution is -2.60. The van der Waals surface area contributed by atoms with Crippen LogP contribution in [0, 0.1) is 0 Å². The lowest BCUT2D eigenvalue weighted by atomic mass is 9.50. The van der Waals surface area contributed by atoms with E-state index in [0.29, 0.717) is 30.9 Å². The maximum Gasteiger partial charge on any atom is 0.255 e. The zero-order valence-electron chi connectivity index (χ0n) is 24.1. The van der Waals surface area contributed by atoms with Gasteiger partial charge in [0.05, 0.1) is 19.2 Å². The highest BCUT2D eigenvalue weighted by Gasteiger charge is 2.41. The van der Waals surface area contributed by atoms with Gasteiger partial charge in [0.25, 0.3) is 5.91 Å². The maximum atomic E-state index is 13.2. The van der Waals surface area contributed by atoms with Crippen LogP contribution in [0.4, 0.5) is 0 Å². The molecule has 9 nitrogen and oxygen atoms in total. The Morgan fingerprint density at radius 2 is 1.85 bits per heavy atom. The van der Waals surface area contributed by atoms with E-state index in [9.17, 15) is 19.2 Å². The van der Waals surface area contributed by atoms with E-state index in [1.54, 1.807) is 12.1 Å². The number of benzene rings is 2. The van der Waals surface area contributed by atoms with Crippen molar-refractivity contribution in [2.75, 3.05) is 19.8 Å². The van der Waals surface area contributed by atoms with Crippen LogP contribution in [0.2, 0.25) is 0 Å². The summed E-state index contributed by atoms with van der Waals surface area (Å²) in [5.74, 6) is -0.375. The highest BCUT2D eigenvalue weighted by molar-refractivity contribution is 6.55. The van der Waals surface area contributed by atoms with Crippen LogP contribution in [0.5, 0.6) is 5.75 Å². The number of carbonyl (C=O) groups excluding carboxylic acids is 4. The zero-order chi connectivity index (χ0) is 28.9. The van der Waals surface area contributed by atoms with Crippen molar-refractivity contribution in [2.45, 2.75) is 36.8 Å². The quantitative estimate of drug-likeness (QED) is 0.292. The van der Waals surface area contributed by atoms with E-state index in [1.165, 1.54) is 4.90 Å². The van der Waals surface area contributed by atoms with Gasteiger partial charge in [0, 0.05) is 29.4 Å². The van der Waals surface area contributed by atoms with Crippen LogP contribution >= 0.6 is 0 Å². The maximum absolute atomic E-state index is 13.2. The lowest BCUT2D eigenvalue weighted by Gasteiger charge is -2.44. The van der Waals surface area contributed by atoms with Gasteiger partial charge in [-0.05, 0) is 24.1 Å². The van der Waals surface area contributed by atoms with Crippen LogP contribution in [-0.2, 0) is 31.0 Å². The van der Waals surface area contributed by atoms with Crippen LogP contribution in [0.15, 0.2) is 24.3 Å². The third kappa shape index (κ3) is 4.78. The Hall–Kier alpha value is -3.33. The molecule has 0 aliphatic carbocycles. The van der Waals surface area contributed by atoms with Gasteiger partial charge in [0.1, 0.15) is 57.6 Å². The van der Waals surface area contributed by atoms with Crippen LogP contribution in [0.1, 0.15) is 45.9 Å². The largest absolute Gasteiger partial charge is 0.495 e. The van der Waals surface area contributed by atoms with Crippen LogP contribution in [-0.4, -0.2) is 106 Å². The molecule has 0 saturated carbocycles. The van der Waals surface area contributed by atoms with Gasteiger partial charge in [-0.15, -0.1) is 0 Å². The third-order valence-electron chi connectivity index (χ3n) is 8.69. The van der Waals surface area contributed by atoms with Crippen molar-refractivity contribution >= 4 is 87.1 Å². The van der Waals surface area contributed by atoms with Crippen LogP contribution in [0.3, 0.4) is 0 Å². The summed E-state index contributed by atoms with van der Waals surface area (Å²) in [6.07, 6.45) is 0.523. The molecule has 2 aromatic carbocycles. The fourth-order valence-electron chi connectivity index (χ4n) is 6.64. The normalized spacial score (nSPS) is 20.4. The van der Waals surface area contributed by atoms with Gasteiger partial charge in [0.15, 0.2) is 7.85 Å². The number of amides is 4. The second kappa shape index (κ2) is 10.6. The fourth-order valence-corrected chi connectivity index (χ4v) is 6.64. The van der Waals surface area contributed by atoms with E-state index in [0.717, 1.165) is 33.1 Å². The number of imide groups is 1. The third-order valence-corrected chi connectivity index (χ3v) is 8.69. The number of hydrogen-bond acceptors (Lipinski definition) is 6. The Balaban J connectivity index is 1.41. The highest BCUT2D eigenvalue weighted by atomic mass is 16.5. The predicted molar refractivity (Wildman–Crippen MR) is 167 cm³/mol. The molecule has 15 heteroatoms. The van der Waals surface area contributed by atoms with E-state index in [1.807, 2.05) is 18.8 Å². The standard InChI is InChI=1S/C25H31B6N3O6/c26-14-8-12(20(27)21(28)19(14)25(30,31)34-6-7-39-10-18(34)36)22(29)40-16-3-1-2-11-13(16)9-33(24(11)38)15-4-5-17(35)32-23(15)37/h1-3,8,15,22H,4-7,9-10,26-31H2,(H,32,35,37). The minimum Gasteiger partial charge on any atom is -0.495 e. The van der Waals surface area contributed by atoms with Crippen molar-refractivity contribution in [3.8, 4) is 5.75 Å². The molecular weight excluding hydrogens is 503 g/mol. The molecule has 0 spiro atoms. The van der Waals surface area contributed by atoms with Crippen LogP contribution < -0.4 is 26.4 Å². The summed E-state index contributed by atoms with van der Waals surface area (Å²) >= 11 is 0. The molecule has 5 rings (SSSR count). The minimum absolute atomic E-state index is 0.00712. The number of morpholine rings is 1. The average Bonchev–Trinajstić information content (AvgIpc) is 3.23. The fraction of sp³-hybridized carbons (Fsp3) is 0.360. The second-order valence-electron chi connectivity index (χ2n) is 11.5. The minimum atomic E-state index is -0.676. The molecular formula is C25H31B6N3O6. The van der Waals surface area contributed by atoms with Crippen molar-refractivity contribution in [1.29, 1.82) is 0 Å². The van der Waals surface area contributed by atoms with Crippen molar-refractivity contribution in [2.24, 2.45) is 0 Å². The van der Waals surface area contributed by atoms with Gasteiger partial charge in [-0.1, -0.05) is 34.1 Å². The van der Waals surface area contributed by atoms with Gasteiger partial charge in [0.2, 0.25) is 17.7 Å². The Labute approximate surface area is 239 Å². The molecule has 2 fully saturated rings. The first-order chi connectivity index (χ1) is 18.9. The molecule has 3 aliphatic rings. The van der Waals surface area contributed by atoms with Gasteiger partial charge in [-0.2, -0.15) is 0 Å². The molecule has 0 aromatic heterocycles. The Kier molecular flexibility index (Phi) is 7.46. The topological polar surface area (TPSA) is 105 Å². The molecule has 2 saturated heterocycles. The van der Waals surface area contributed by atoms with Gasteiger partial charge >= 0.3 is 0 Å². The molecule has 200 valence electrons. The summed E-state index contributed by atoms with van der Waals surface area (Å²) < 4.78 is 11.9. The Bertz CT molecular complexity index is 1440. The highest BCUT2D eigenvalue weighted by Crippen LogP contribution is 2.35. The number of carbonyl (C=O) groups is 4. The SMILES string of the molecule is Bc1cc(C(B)Oc2cccc3c2CN(C2CCC(=O)NC2=O)C3=O)c(B)c(B)c1C(B)(B)N1CCOCC1=O. The Morgan fingerprint density at radius 1 is 1.10 bits per heavy atom. The van der Waals surface area contributed by atoms with Gasteiger partial charge in [-0.25, -0.2) is 0 Å². The number of nitrogens with one attached hydrogen (secondary N) is 1. The van der Waals surface area contributed by atoms with Crippen molar-refractivity contribution in [1.82, 2.24) is 15.1 Å². The number of hydrogen-bond donors (Lipinski definition) is 1. The molecule has 2 atom stereocenters. The van der Waals surface area contributed by atoms with Gasteiger partial charge < -0.3 is 19.3 Å². The van der Waals surface area contributed by atoms with Crippen LogP contribution in [0.25, 0.3) is 0 Å². The van der Waals surface area contributed by atoms with E-state index < -0.39 is 17.3 Å². The molecule has 40 heavy (non-hydrogen) atoms. The summed E-state index contributed by atoms with van der Waals surface area (Å²) in [4.78, 5) is 53.4. The number of fused-ring (bicyclic) bond motifs is 1. The molecule has 0 bridgehead atoms. The van der Waals surface area contributed by atoms with Gasteiger partial charge in [-0.3, -0.25) is 24.5 Å². The lowest BCUT2D eigenvalue weighted by molar-refractivity contribution is -0.145. The number of piperidine rings is 1. The second-order valence-corrected chi connectivity index (χ2v) is 11.5. The van der Waals surface area contributed by atoms with E-state index >= 15 is 0 Å². The number of ether oxygens (including phenoxy) is 2. The van der Waals surface area contributed by atoms with E-state index in [2.05, 4.69) is 50.6 Å². The predicted octanol–water partition coefficient (Wildman–Crippen LogP) is -6.83. The summed E-state index contributed by atoms with van der Waals surface area (Å²) in [7, 11) is 12.4. The zero-order valence-corrected chi connectivity index (χ0v) is 24.1. The van der Waals surface area contributed by atoms with E-state index in [4.69, 9.17) is 9.47 Å². The summed E-state index contributed by atoms with van der Waals surface area (Å²) in [5, 5.41) is 1.85. The average molecular weight is 534 g/mol. The summed E-state index contributed by atoms with van der Waals surface area (Å²) in [6.45, 7) is 1.44. The van der Waals surface area contributed by atoms with Crippen molar-refractivity contribution in [3.63, 3.8) is 0 Å². The van der Waals surface area contributed by atoms with Crippen molar-refractivity contribution in [3.05, 3.63) is 46.5 Å². The molecule has 0 radical (unpaired) electrons. The molecule has 2 unspecified atom stereocenters. The van der Waals surface area contributed by atoms with E-state index in [-0.39, 0.29) is 43.3 Å². The smallest absolute Gasteiger partial charge is 0.255 e. The first-order valence-electron chi connectivity index (χ1n) is 13.8. The monoisotopic (exact) mass is 535 g/mol. The summed E-state index contributed by atoms with van der Waals surface area (Å²) in [5.41, 5.74) is 6.72. The molecule has 3 heterocycles. The number of nitrogens with zero attached hydrogens (tertiary/aromatic N) is 2. The molecule has 1 N–H and O–H groups in total. The number of rotatable bonds is 6.